The second-order valence-electron chi connectivity index (χ2n) is 8.78. The number of halogens is 1. The Morgan fingerprint density at radius 2 is 1.45 bits per heavy atom. The highest BCUT2D eigenvalue weighted by atomic mass is 19.1. The quantitative estimate of drug-likeness (QED) is 0.714. The Kier molecular flexibility index (Phi) is 5.87. The van der Waals surface area contributed by atoms with Gasteiger partial charge in [0.1, 0.15) is 17.0 Å². The molecule has 0 aromatic heterocycles. The van der Waals surface area contributed by atoms with Crippen LogP contribution in [0.5, 0.6) is 0 Å². The van der Waals surface area contributed by atoms with Gasteiger partial charge in [-0.15, -0.1) is 5.06 Å². The van der Waals surface area contributed by atoms with Crippen molar-refractivity contribution >= 4 is 17.9 Å². The van der Waals surface area contributed by atoms with Gasteiger partial charge in [-0.25, -0.2) is 9.18 Å². The summed E-state index contributed by atoms with van der Waals surface area (Å²) in [5, 5.41) is 3.41. The van der Waals surface area contributed by atoms with Crippen molar-refractivity contribution < 1.29 is 28.3 Å². The molecule has 8 heteroatoms. The second kappa shape index (κ2) is 8.11. The number of hydrogen-bond acceptors (Lipinski definition) is 5. The summed E-state index contributed by atoms with van der Waals surface area (Å²) < 4.78 is 18.8. The van der Waals surface area contributed by atoms with Gasteiger partial charge in [-0.05, 0) is 64.4 Å². The molecule has 0 fully saturated rings. The van der Waals surface area contributed by atoms with Crippen LogP contribution in [0.3, 0.4) is 0 Å². The Morgan fingerprint density at radius 1 is 0.935 bits per heavy atom. The van der Waals surface area contributed by atoms with Crippen LogP contribution in [0.25, 0.3) is 0 Å². The van der Waals surface area contributed by atoms with Crippen LogP contribution < -0.4 is 5.32 Å². The zero-order valence-electron chi connectivity index (χ0n) is 18.1. The minimum Gasteiger partial charge on any atom is -0.444 e. The standard InChI is InChI=1S/C23H25FN2O5/c1-22(2,3)30-21(29)25-18(14-10-12-15(24)13-11-14)23(4,5)31-26-19(27)16-8-6-7-9-17(16)20(26)28/h6-13,18H,1-5H3,(H,25,29). The Hall–Kier alpha value is -3.26. The number of hydroxylamine groups is 2. The van der Waals surface area contributed by atoms with Gasteiger partial charge in [-0.3, -0.25) is 14.4 Å². The lowest BCUT2D eigenvalue weighted by atomic mass is 9.92. The van der Waals surface area contributed by atoms with E-state index in [0.29, 0.717) is 10.6 Å². The molecule has 1 heterocycles. The molecule has 0 saturated heterocycles. The number of hydrogen-bond donors (Lipinski definition) is 1. The first kappa shape index (κ1) is 22.4. The summed E-state index contributed by atoms with van der Waals surface area (Å²) in [6, 6.07) is 11.0. The van der Waals surface area contributed by atoms with Crippen molar-refractivity contribution in [3.63, 3.8) is 0 Å². The second-order valence-corrected chi connectivity index (χ2v) is 8.78. The maximum absolute atomic E-state index is 13.5. The molecule has 2 aromatic carbocycles. The molecule has 1 atom stereocenters. The van der Waals surface area contributed by atoms with Gasteiger partial charge in [0.15, 0.2) is 0 Å². The van der Waals surface area contributed by atoms with Crippen molar-refractivity contribution in [2.75, 3.05) is 0 Å². The van der Waals surface area contributed by atoms with Crippen molar-refractivity contribution in [2.24, 2.45) is 0 Å². The van der Waals surface area contributed by atoms with Crippen molar-refractivity contribution in [2.45, 2.75) is 51.9 Å². The molecular weight excluding hydrogens is 403 g/mol. The van der Waals surface area contributed by atoms with Crippen LogP contribution in [0.4, 0.5) is 9.18 Å². The largest absolute Gasteiger partial charge is 0.444 e. The van der Waals surface area contributed by atoms with Gasteiger partial charge in [0.2, 0.25) is 0 Å². The average molecular weight is 428 g/mol. The summed E-state index contributed by atoms with van der Waals surface area (Å²) in [7, 11) is 0. The molecule has 1 N–H and O–H groups in total. The summed E-state index contributed by atoms with van der Waals surface area (Å²) in [5.74, 6) is -1.63. The summed E-state index contributed by atoms with van der Waals surface area (Å²) in [4.78, 5) is 43.8. The van der Waals surface area contributed by atoms with Gasteiger partial charge in [0.25, 0.3) is 11.8 Å². The highest BCUT2D eigenvalue weighted by Crippen LogP contribution is 2.33. The number of carbonyl (C=O) groups is 3. The van der Waals surface area contributed by atoms with Crippen LogP contribution >= 0.6 is 0 Å². The van der Waals surface area contributed by atoms with E-state index in [9.17, 15) is 18.8 Å². The van der Waals surface area contributed by atoms with E-state index in [1.54, 1.807) is 58.9 Å². The van der Waals surface area contributed by atoms with Crippen LogP contribution in [0.2, 0.25) is 0 Å². The van der Waals surface area contributed by atoms with Gasteiger partial charge in [0.05, 0.1) is 17.2 Å². The summed E-state index contributed by atoms with van der Waals surface area (Å²) in [6.07, 6.45) is -0.721. The lowest BCUT2D eigenvalue weighted by molar-refractivity contribution is -0.185. The molecule has 1 aliphatic heterocycles. The summed E-state index contributed by atoms with van der Waals surface area (Å²) in [6.45, 7) is 8.39. The molecule has 1 aliphatic rings. The van der Waals surface area contributed by atoms with E-state index in [0.717, 1.165) is 0 Å². The fraction of sp³-hybridized carbons (Fsp3) is 0.348. The molecule has 0 spiro atoms. The number of amides is 3. The number of alkyl carbamates (subject to hydrolysis) is 1. The third kappa shape index (κ3) is 4.91. The third-order valence-corrected chi connectivity index (χ3v) is 4.64. The Balaban J connectivity index is 1.90. The Bertz CT molecular complexity index is 976. The minimum absolute atomic E-state index is 0.238. The Labute approximate surface area is 180 Å². The number of imide groups is 1. The Morgan fingerprint density at radius 3 is 1.94 bits per heavy atom. The van der Waals surface area contributed by atoms with E-state index in [2.05, 4.69) is 5.32 Å². The van der Waals surface area contributed by atoms with Gasteiger partial charge in [-0.1, -0.05) is 24.3 Å². The lowest BCUT2D eigenvalue weighted by Crippen LogP contribution is -2.49. The highest BCUT2D eigenvalue weighted by Gasteiger charge is 2.44. The van der Waals surface area contributed by atoms with E-state index in [-0.39, 0.29) is 11.1 Å². The SMILES string of the molecule is CC(C)(C)OC(=O)NC(c1ccc(F)cc1)C(C)(C)ON1C(=O)c2ccccc2C1=O. The molecule has 0 bridgehead atoms. The minimum atomic E-state index is -1.29. The molecule has 1 unspecified atom stereocenters. The van der Waals surface area contributed by atoms with Gasteiger partial charge in [0, 0.05) is 0 Å². The first-order valence-corrected chi connectivity index (χ1v) is 9.81. The molecule has 164 valence electrons. The molecule has 7 nitrogen and oxygen atoms in total. The molecule has 3 rings (SSSR count). The van der Waals surface area contributed by atoms with Crippen molar-refractivity contribution in [1.82, 2.24) is 10.4 Å². The number of carbonyl (C=O) groups excluding carboxylic acids is 3. The predicted octanol–water partition coefficient (Wildman–Crippen LogP) is 4.40. The van der Waals surface area contributed by atoms with Crippen LogP contribution in [0.15, 0.2) is 48.5 Å². The van der Waals surface area contributed by atoms with E-state index in [1.807, 2.05) is 0 Å². The number of fused-ring (bicyclic) bond motifs is 1. The normalized spacial score (nSPS) is 15.0. The fourth-order valence-corrected chi connectivity index (χ4v) is 3.28. The fourth-order valence-electron chi connectivity index (χ4n) is 3.28. The third-order valence-electron chi connectivity index (χ3n) is 4.64. The van der Waals surface area contributed by atoms with Crippen LogP contribution in [-0.2, 0) is 9.57 Å². The zero-order valence-corrected chi connectivity index (χ0v) is 18.1. The topological polar surface area (TPSA) is 84.9 Å². The summed E-state index contributed by atoms with van der Waals surface area (Å²) >= 11 is 0. The van der Waals surface area contributed by atoms with Gasteiger partial charge < -0.3 is 10.1 Å². The molecule has 0 aliphatic carbocycles. The molecule has 2 aromatic rings. The molecule has 0 saturated carbocycles. The van der Waals surface area contributed by atoms with Crippen LogP contribution in [0.1, 0.15) is 66.9 Å². The number of nitrogens with one attached hydrogen (secondary N) is 1. The smallest absolute Gasteiger partial charge is 0.408 e. The monoisotopic (exact) mass is 428 g/mol. The first-order chi connectivity index (χ1) is 14.4. The molecule has 0 radical (unpaired) electrons. The molecule has 31 heavy (non-hydrogen) atoms. The number of ether oxygens (including phenoxy) is 1. The highest BCUT2D eigenvalue weighted by molar-refractivity contribution is 6.20. The maximum Gasteiger partial charge on any atom is 0.408 e. The van der Waals surface area contributed by atoms with Crippen molar-refractivity contribution in [1.29, 1.82) is 0 Å². The van der Waals surface area contributed by atoms with Gasteiger partial charge >= 0.3 is 6.09 Å². The van der Waals surface area contributed by atoms with Crippen molar-refractivity contribution in [3.8, 4) is 0 Å². The van der Waals surface area contributed by atoms with Crippen molar-refractivity contribution in [3.05, 3.63) is 71.0 Å². The summed E-state index contributed by atoms with van der Waals surface area (Å²) in [5.41, 5.74) is -1.05. The maximum atomic E-state index is 13.5. The van der Waals surface area contributed by atoms with Gasteiger partial charge in [-0.2, -0.15) is 0 Å². The number of benzene rings is 2. The zero-order chi connectivity index (χ0) is 23.0. The van der Waals surface area contributed by atoms with E-state index in [1.165, 1.54) is 24.3 Å². The van der Waals surface area contributed by atoms with E-state index in [4.69, 9.17) is 9.57 Å². The lowest BCUT2D eigenvalue weighted by Gasteiger charge is -2.37. The van der Waals surface area contributed by atoms with Crippen LogP contribution in [0, 0.1) is 5.82 Å². The van der Waals surface area contributed by atoms with E-state index < -0.39 is 41.0 Å². The van der Waals surface area contributed by atoms with E-state index >= 15 is 0 Å². The van der Waals surface area contributed by atoms with Crippen LogP contribution in [-0.4, -0.2) is 34.2 Å². The molecule has 3 amide bonds. The number of rotatable bonds is 5. The first-order valence-electron chi connectivity index (χ1n) is 9.81. The predicted molar refractivity (Wildman–Crippen MR) is 111 cm³/mol. The molecular formula is C23H25FN2O5. The average Bonchev–Trinajstić information content (AvgIpc) is 2.90. The number of nitrogens with zero attached hydrogens (tertiary/aromatic N) is 1.